The molecule has 5 nitrogen and oxygen atoms in total. The molecule has 0 radical (unpaired) electrons. The normalized spacial score (nSPS) is 11.9. The van der Waals surface area contributed by atoms with Crippen LogP contribution in [-0.2, 0) is 4.79 Å². The van der Waals surface area contributed by atoms with Crippen molar-refractivity contribution in [1.29, 1.82) is 0 Å². The number of urea groups is 1. The number of anilines is 1. The van der Waals surface area contributed by atoms with Crippen LogP contribution in [0.3, 0.4) is 0 Å². The number of fused-ring (bicyclic) bond motifs is 1. The van der Waals surface area contributed by atoms with E-state index in [2.05, 4.69) is 26.6 Å². The molecule has 0 bridgehead atoms. The summed E-state index contributed by atoms with van der Waals surface area (Å²) in [6, 6.07) is 9.82. The lowest BCUT2D eigenvalue weighted by Gasteiger charge is -2.11. The molecule has 0 saturated carbocycles. The zero-order valence-electron chi connectivity index (χ0n) is 10.7. The second kappa shape index (κ2) is 5.92. The quantitative estimate of drug-likeness (QED) is 0.805. The highest BCUT2D eigenvalue weighted by atomic mass is 79.9. The van der Waals surface area contributed by atoms with Crippen molar-refractivity contribution in [2.75, 3.05) is 5.32 Å². The maximum absolute atomic E-state index is 11.6. The second-order valence-corrected chi connectivity index (χ2v) is 5.28. The zero-order valence-corrected chi connectivity index (χ0v) is 12.3. The molecule has 6 heteroatoms. The molecule has 3 N–H and O–H groups in total. The second-order valence-electron chi connectivity index (χ2n) is 4.36. The number of carbonyl (C=O) groups excluding carboxylic acids is 1. The molecule has 2 rings (SSSR count). The van der Waals surface area contributed by atoms with Gasteiger partial charge in [-0.05, 0) is 42.0 Å². The molecule has 0 unspecified atom stereocenters. The van der Waals surface area contributed by atoms with Crippen LogP contribution in [-0.4, -0.2) is 23.1 Å². The van der Waals surface area contributed by atoms with E-state index in [4.69, 9.17) is 5.11 Å². The summed E-state index contributed by atoms with van der Waals surface area (Å²) >= 11 is 3.40. The zero-order chi connectivity index (χ0) is 14.7. The van der Waals surface area contributed by atoms with Gasteiger partial charge in [0.1, 0.15) is 6.04 Å². The van der Waals surface area contributed by atoms with E-state index in [0.717, 1.165) is 15.2 Å². The van der Waals surface area contributed by atoms with E-state index in [1.165, 1.54) is 6.92 Å². The van der Waals surface area contributed by atoms with Gasteiger partial charge in [-0.1, -0.05) is 28.1 Å². The number of hydrogen-bond acceptors (Lipinski definition) is 2. The standard InChI is InChI=1S/C14H13BrN2O3/c1-8(13(18)19)16-14(20)17-12-5-3-9-6-11(15)4-2-10(9)7-12/h2-8H,1H3,(H,18,19)(H2,16,17,20)/t8-/m1/s1. The van der Waals surface area contributed by atoms with Crippen molar-refractivity contribution >= 4 is 44.4 Å². The molecule has 2 amide bonds. The van der Waals surface area contributed by atoms with E-state index in [1.54, 1.807) is 6.07 Å². The highest BCUT2D eigenvalue weighted by molar-refractivity contribution is 9.10. The Balaban J connectivity index is 2.12. The molecule has 0 aliphatic heterocycles. The molecule has 0 aliphatic rings. The predicted molar refractivity (Wildman–Crippen MR) is 80.9 cm³/mol. The van der Waals surface area contributed by atoms with Gasteiger partial charge in [-0.2, -0.15) is 0 Å². The first-order valence-corrected chi connectivity index (χ1v) is 6.74. The van der Waals surface area contributed by atoms with Crippen molar-refractivity contribution in [1.82, 2.24) is 5.32 Å². The monoisotopic (exact) mass is 336 g/mol. The third kappa shape index (κ3) is 3.48. The lowest BCUT2D eigenvalue weighted by Crippen LogP contribution is -2.40. The van der Waals surface area contributed by atoms with Crippen molar-refractivity contribution in [2.45, 2.75) is 13.0 Å². The fraction of sp³-hybridized carbons (Fsp3) is 0.143. The number of amides is 2. The van der Waals surface area contributed by atoms with Crippen LogP contribution >= 0.6 is 15.9 Å². The van der Waals surface area contributed by atoms with Gasteiger partial charge in [0.15, 0.2) is 0 Å². The number of carbonyl (C=O) groups is 2. The van der Waals surface area contributed by atoms with Crippen molar-refractivity contribution in [3.05, 3.63) is 40.9 Å². The van der Waals surface area contributed by atoms with E-state index in [9.17, 15) is 9.59 Å². The number of benzene rings is 2. The first kappa shape index (κ1) is 14.3. The summed E-state index contributed by atoms with van der Waals surface area (Å²) in [7, 11) is 0. The van der Waals surface area contributed by atoms with Gasteiger partial charge < -0.3 is 15.7 Å². The first-order chi connectivity index (χ1) is 9.45. The topological polar surface area (TPSA) is 78.4 Å². The van der Waals surface area contributed by atoms with Crippen LogP contribution in [0.2, 0.25) is 0 Å². The van der Waals surface area contributed by atoms with Gasteiger partial charge in [-0.15, -0.1) is 0 Å². The summed E-state index contributed by atoms with van der Waals surface area (Å²) in [6.45, 7) is 1.40. The van der Waals surface area contributed by atoms with E-state index in [-0.39, 0.29) is 0 Å². The molecule has 2 aromatic rings. The third-order valence-corrected chi connectivity index (χ3v) is 3.27. The highest BCUT2D eigenvalue weighted by Crippen LogP contribution is 2.22. The third-order valence-electron chi connectivity index (χ3n) is 2.78. The van der Waals surface area contributed by atoms with E-state index >= 15 is 0 Å². The smallest absolute Gasteiger partial charge is 0.325 e. The van der Waals surface area contributed by atoms with Crippen LogP contribution in [0.5, 0.6) is 0 Å². The van der Waals surface area contributed by atoms with E-state index in [0.29, 0.717) is 5.69 Å². The van der Waals surface area contributed by atoms with Gasteiger partial charge in [0, 0.05) is 10.2 Å². The number of hydrogen-bond donors (Lipinski definition) is 3. The largest absolute Gasteiger partial charge is 0.480 e. The van der Waals surface area contributed by atoms with Crippen LogP contribution in [0.25, 0.3) is 10.8 Å². The van der Waals surface area contributed by atoms with Gasteiger partial charge in [0.25, 0.3) is 0 Å². The summed E-state index contributed by atoms with van der Waals surface area (Å²) in [5.74, 6) is -1.08. The Bertz CT molecular complexity index is 673. The van der Waals surface area contributed by atoms with Crippen molar-refractivity contribution in [3.8, 4) is 0 Å². The van der Waals surface area contributed by atoms with Crippen LogP contribution in [0.4, 0.5) is 10.5 Å². The summed E-state index contributed by atoms with van der Waals surface area (Å²) in [6.07, 6.45) is 0. The molecule has 0 aliphatic carbocycles. The van der Waals surface area contributed by atoms with Crippen molar-refractivity contribution < 1.29 is 14.7 Å². The predicted octanol–water partition coefficient (Wildman–Crippen LogP) is 3.20. The van der Waals surface area contributed by atoms with Gasteiger partial charge in [-0.3, -0.25) is 4.79 Å². The fourth-order valence-electron chi connectivity index (χ4n) is 1.72. The summed E-state index contributed by atoms with van der Waals surface area (Å²) in [5.41, 5.74) is 0.606. The molecular weight excluding hydrogens is 324 g/mol. The number of nitrogens with one attached hydrogen (secondary N) is 2. The summed E-state index contributed by atoms with van der Waals surface area (Å²) in [4.78, 5) is 22.3. The molecule has 0 spiro atoms. The SMILES string of the molecule is C[C@@H](NC(=O)Nc1ccc2cc(Br)ccc2c1)C(=O)O. The minimum atomic E-state index is -1.08. The summed E-state index contributed by atoms with van der Waals surface area (Å²) < 4.78 is 0.985. The maximum Gasteiger partial charge on any atom is 0.325 e. The number of aliphatic carboxylic acids is 1. The van der Waals surface area contributed by atoms with Gasteiger partial charge in [0.2, 0.25) is 0 Å². The average molecular weight is 337 g/mol. The molecule has 104 valence electrons. The Morgan fingerprint density at radius 1 is 1.15 bits per heavy atom. The molecule has 0 saturated heterocycles. The van der Waals surface area contributed by atoms with Crippen LogP contribution < -0.4 is 10.6 Å². The van der Waals surface area contributed by atoms with Gasteiger partial charge >= 0.3 is 12.0 Å². The lowest BCUT2D eigenvalue weighted by molar-refractivity contribution is -0.138. The Morgan fingerprint density at radius 2 is 1.80 bits per heavy atom. The number of halogens is 1. The van der Waals surface area contributed by atoms with Crippen LogP contribution in [0.15, 0.2) is 40.9 Å². The number of rotatable bonds is 3. The van der Waals surface area contributed by atoms with Crippen LogP contribution in [0, 0.1) is 0 Å². The molecule has 2 aromatic carbocycles. The van der Waals surface area contributed by atoms with Gasteiger partial charge in [0.05, 0.1) is 0 Å². The molecule has 0 fully saturated rings. The Hall–Kier alpha value is -2.08. The average Bonchev–Trinajstić information content (AvgIpc) is 2.38. The van der Waals surface area contributed by atoms with E-state index < -0.39 is 18.0 Å². The molecule has 0 aromatic heterocycles. The van der Waals surface area contributed by atoms with Gasteiger partial charge in [-0.25, -0.2) is 4.79 Å². The van der Waals surface area contributed by atoms with E-state index in [1.807, 2.05) is 30.3 Å². The minimum Gasteiger partial charge on any atom is -0.480 e. The fourth-order valence-corrected chi connectivity index (χ4v) is 2.10. The Labute approximate surface area is 124 Å². The molecule has 20 heavy (non-hydrogen) atoms. The highest BCUT2D eigenvalue weighted by Gasteiger charge is 2.13. The lowest BCUT2D eigenvalue weighted by atomic mass is 10.1. The Morgan fingerprint density at radius 3 is 2.50 bits per heavy atom. The van der Waals surface area contributed by atoms with Crippen LogP contribution in [0.1, 0.15) is 6.92 Å². The minimum absolute atomic E-state index is 0.545. The first-order valence-electron chi connectivity index (χ1n) is 5.95. The molecule has 0 heterocycles. The number of carboxylic acids is 1. The molecular formula is C14H13BrN2O3. The number of carboxylic acid groups (broad SMARTS) is 1. The summed E-state index contributed by atoms with van der Waals surface area (Å²) in [5, 5.41) is 15.7. The van der Waals surface area contributed by atoms with Crippen molar-refractivity contribution in [2.24, 2.45) is 0 Å². The Kier molecular flexibility index (Phi) is 4.24. The maximum atomic E-state index is 11.6. The van der Waals surface area contributed by atoms with Crippen molar-refractivity contribution in [3.63, 3.8) is 0 Å². The molecule has 1 atom stereocenters.